The SMILES string of the molecule is Nc1ccc2c3nc4nc(nc5[nH]c(nc6nc(nc([nH]3)c2c1)-c1ccc(O)cc1-6)c1ccc(O)cc51)-c1ccc(O)cc1-4. The van der Waals surface area contributed by atoms with E-state index in [-0.39, 0.29) is 17.2 Å². The van der Waals surface area contributed by atoms with E-state index in [2.05, 4.69) is 9.97 Å². The number of nitrogens with one attached hydrogen (secondary N) is 2. The van der Waals surface area contributed by atoms with Crippen molar-refractivity contribution in [2.24, 2.45) is 0 Å². The van der Waals surface area contributed by atoms with E-state index < -0.39 is 0 Å². The van der Waals surface area contributed by atoms with E-state index in [4.69, 9.17) is 35.6 Å². The number of benzene rings is 4. The zero-order valence-corrected chi connectivity index (χ0v) is 22.5. The highest BCUT2D eigenvalue weighted by Crippen LogP contribution is 2.39. The molecule has 2 aliphatic rings. The number of nitrogens with zero attached hydrogens (tertiary/aromatic N) is 6. The zero-order chi connectivity index (χ0) is 29.7. The summed E-state index contributed by atoms with van der Waals surface area (Å²) in [5, 5.41) is 33.8. The average Bonchev–Trinajstić information content (AvgIpc) is 3.71. The molecule has 4 aromatic carbocycles. The molecule has 8 bridgehead atoms. The number of hydrogen-bond donors (Lipinski definition) is 6. The van der Waals surface area contributed by atoms with Crippen molar-refractivity contribution in [1.82, 2.24) is 39.9 Å². The van der Waals surface area contributed by atoms with E-state index in [0.29, 0.717) is 84.6 Å². The molecule has 2 aliphatic heterocycles. The molecule has 0 fully saturated rings. The van der Waals surface area contributed by atoms with Crippen molar-refractivity contribution in [3.63, 3.8) is 0 Å². The van der Waals surface area contributed by atoms with Gasteiger partial charge in [0, 0.05) is 49.5 Å². The van der Waals surface area contributed by atoms with Crippen LogP contribution in [-0.2, 0) is 0 Å². The van der Waals surface area contributed by atoms with Crippen LogP contribution in [0.15, 0.2) is 72.8 Å². The lowest BCUT2D eigenvalue weighted by Gasteiger charge is -1.99. The number of aromatic hydroxyl groups is 3. The number of hydrogen-bond acceptors (Lipinski definition) is 10. The van der Waals surface area contributed by atoms with E-state index in [0.717, 1.165) is 10.8 Å². The van der Waals surface area contributed by atoms with Gasteiger partial charge in [-0.05, 0) is 72.8 Å². The van der Waals surface area contributed by atoms with Gasteiger partial charge in [0.05, 0.1) is 0 Å². The van der Waals surface area contributed by atoms with Crippen LogP contribution < -0.4 is 5.73 Å². The molecule has 0 atom stereocenters. The largest absolute Gasteiger partial charge is 0.508 e. The Hall–Kier alpha value is -6.56. The van der Waals surface area contributed by atoms with Gasteiger partial charge in [0.25, 0.3) is 0 Å². The molecule has 12 nitrogen and oxygen atoms in total. The quantitative estimate of drug-likeness (QED) is 0.124. The molecule has 0 radical (unpaired) electrons. The molecule has 7 aromatic rings. The molecular formula is C32H19N9O3. The average molecular weight is 578 g/mol. The lowest BCUT2D eigenvalue weighted by molar-refractivity contribution is 0.475. The fraction of sp³-hybridized carbons (Fsp3) is 0. The van der Waals surface area contributed by atoms with E-state index in [1.165, 1.54) is 0 Å². The second-order valence-corrected chi connectivity index (χ2v) is 10.6. The van der Waals surface area contributed by atoms with Crippen LogP contribution >= 0.6 is 0 Å². The van der Waals surface area contributed by atoms with Gasteiger partial charge < -0.3 is 31.0 Å². The topological polar surface area (TPSA) is 196 Å². The number of anilines is 1. The van der Waals surface area contributed by atoms with Gasteiger partial charge in [-0.3, -0.25) is 0 Å². The first-order valence-electron chi connectivity index (χ1n) is 13.6. The minimum absolute atomic E-state index is 0.0593. The molecule has 0 unspecified atom stereocenters. The van der Waals surface area contributed by atoms with E-state index >= 15 is 0 Å². The highest BCUT2D eigenvalue weighted by Gasteiger charge is 2.23. The maximum absolute atomic E-state index is 10.4. The van der Waals surface area contributed by atoms with Gasteiger partial charge in [-0.15, -0.1) is 0 Å². The number of H-pyrrole nitrogens is 2. The highest BCUT2D eigenvalue weighted by atomic mass is 16.3. The summed E-state index contributed by atoms with van der Waals surface area (Å²) in [6.45, 7) is 0. The van der Waals surface area contributed by atoms with Crippen LogP contribution in [0.3, 0.4) is 0 Å². The van der Waals surface area contributed by atoms with Crippen molar-refractivity contribution >= 4 is 49.8 Å². The third-order valence-electron chi connectivity index (χ3n) is 7.81. The number of aromatic nitrogens is 8. The number of rotatable bonds is 0. The maximum atomic E-state index is 10.4. The monoisotopic (exact) mass is 577 g/mol. The van der Waals surface area contributed by atoms with Gasteiger partial charge in [0.2, 0.25) is 0 Å². The molecule has 210 valence electrons. The first kappa shape index (κ1) is 24.1. The van der Waals surface area contributed by atoms with Crippen molar-refractivity contribution in [1.29, 1.82) is 0 Å². The highest BCUT2D eigenvalue weighted by molar-refractivity contribution is 6.07. The molecule has 12 heteroatoms. The predicted octanol–water partition coefficient (Wildman–Crippen LogP) is 5.57. The number of phenols is 3. The molecule has 0 aliphatic carbocycles. The van der Waals surface area contributed by atoms with Gasteiger partial charge in [-0.2, -0.15) is 0 Å². The molecule has 3 aromatic heterocycles. The maximum Gasteiger partial charge on any atom is 0.164 e. The molecule has 9 rings (SSSR count). The Morgan fingerprint density at radius 1 is 0.409 bits per heavy atom. The summed E-state index contributed by atoms with van der Waals surface area (Å²) in [6, 6.07) is 20.2. The Kier molecular flexibility index (Phi) is 4.64. The minimum atomic E-state index is 0.0593. The normalized spacial score (nSPS) is 12.0. The molecule has 0 amide bonds. The van der Waals surface area contributed by atoms with Crippen molar-refractivity contribution in [2.45, 2.75) is 0 Å². The van der Waals surface area contributed by atoms with Crippen molar-refractivity contribution < 1.29 is 15.3 Å². The molecule has 44 heavy (non-hydrogen) atoms. The molecular weight excluding hydrogens is 558 g/mol. The first-order chi connectivity index (χ1) is 21.4. The van der Waals surface area contributed by atoms with Gasteiger partial charge in [0.15, 0.2) is 23.3 Å². The number of phenolic OH excluding ortho intramolecular Hbond substituents is 3. The Labute approximate surface area is 246 Å². The number of aromatic amines is 2. The summed E-state index contributed by atoms with van der Waals surface area (Å²) >= 11 is 0. The van der Waals surface area contributed by atoms with E-state index in [1.807, 2.05) is 12.1 Å². The zero-order valence-electron chi connectivity index (χ0n) is 22.5. The molecule has 0 saturated heterocycles. The summed E-state index contributed by atoms with van der Waals surface area (Å²) in [7, 11) is 0. The third-order valence-corrected chi connectivity index (χ3v) is 7.81. The number of fused-ring (bicyclic) bond motifs is 20. The van der Waals surface area contributed by atoms with Crippen molar-refractivity contribution in [3.05, 3.63) is 72.8 Å². The van der Waals surface area contributed by atoms with Gasteiger partial charge in [0.1, 0.15) is 39.8 Å². The Morgan fingerprint density at radius 2 is 0.818 bits per heavy atom. The van der Waals surface area contributed by atoms with E-state index in [1.54, 1.807) is 60.7 Å². The fourth-order valence-electron chi connectivity index (χ4n) is 5.78. The number of nitrogen functional groups attached to an aromatic ring is 1. The van der Waals surface area contributed by atoms with Crippen LogP contribution in [0.5, 0.6) is 17.2 Å². The Bertz CT molecular complexity index is 2390. The summed E-state index contributed by atoms with van der Waals surface area (Å²) < 4.78 is 0. The second-order valence-electron chi connectivity index (χ2n) is 10.6. The van der Waals surface area contributed by atoms with Gasteiger partial charge in [-0.1, -0.05) is 0 Å². The first-order valence-corrected chi connectivity index (χ1v) is 13.6. The van der Waals surface area contributed by atoms with Crippen molar-refractivity contribution in [2.75, 3.05) is 5.73 Å². The molecule has 5 heterocycles. The van der Waals surface area contributed by atoms with Gasteiger partial charge >= 0.3 is 0 Å². The molecule has 0 spiro atoms. The predicted molar refractivity (Wildman–Crippen MR) is 165 cm³/mol. The molecule has 0 saturated carbocycles. The lowest BCUT2D eigenvalue weighted by atomic mass is 10.1. The second kappa shape index (κ2) is 8.49. The summed E-state index contributed by atoms with van der Waals surface area (Å²) in [5.41, 5.74) is 11.1. The summed E-state index contributed by atoms with van der Waals surface area (Å²) in [4.78, 5) is 35.6. The number of nitrogens with two attached hydrogens (primary N) is 1. The third kappa shape index (κ3) is 3.51. The standard InChI is InChI=1S/C32H19N9O3/c33-13-1-5-17-21(9-13)29-34-25(17)36-30-23-11-15(43)3-7-19(23)27(38-30)40-32-24-12-16(44)4-8-20(24)28(41-32)39-31-22-10-14(42)2-6-18(22)26(35-29)37-31/h1-12,42-44H,33H2,(H2,34,35,36,37,38,39,40,41). The van der Waals surface area contributed by atoms with E-state index in [9.17, 15) is 15.3 Å². The van der Waals surface area contributed by atoms with Crippen LogP contribution in [0, 0.1) is 0 Å². The minimum Gasteiger partial charge on any atom is -0.508 e. The van der Waals surface area contributed by atoms with Crippen LogP contribution in [-0.4, -0.2) is 55.2 Å². The van der Waals surface area contributed by atoms with Crippen molar-refractivity contribution in [3.8, 4) is 62.8 Å². The summed E-state index contributed by atoms with van der Waals surface area (Å²) in [5.74, 6) is 1.59. The van der Waals surface area contributed by atoms with Crippen LogP contribution in [0.4, 0.5) is 5.69 Å². The Morgan fingerprint density at radius 3 is 1.36 bits per heavy atom. The Balaban J connectivity index is 1.51. The lowest BCUT2D eigenvalue weighted by Crippen LogP contribution is -1.84. The van der Waals surface area contributed by atoms with Crippen LogP contribution in [0.2, 0.25) is 0 Å². The summed E-state index contributed by atoms with van der Waals surface area (Å²) in [6.07, 6.45) is 0. The van der Waals surface area contributed by atoms with Crippen LogP contribution in [0.1, 0.15) is 0 Å². The fourth-order valence-corrected chi connectivity index (χ4v) is 5.78. The molecule has 7 N–H and O–H groups in total. The van der Waals surface area contributed by atoms with Crippen LogP contribution in [0.25, 0.3) is 89.7 Å². The van der Waals surface area contributed by atoms with Gasteiger partial charge in [-0.25, -0.2) is 29.9 Å². The smallest absolute Gasteiger partial charge is 0.164 e.